The molecule has 0 unspecified atom stereocenters. The molecule has 0 radical (unpaired) electrons. The van der Waals surface area contributed by atoms with Gasteiger partial charge in [0.05, 0.1) is 17.7 Å². The average Bonchev–Trinajstić information content (AvgIpc) is 2.43. The maximum Gasteiger partial charge on any atom is 0.261 e. The van der Waals surface area contributed by atoms with Crippen LogP contribution in [0.25, 0.3) is 0 Å². The lowest BCUT2D eigenvalue weighted by atomic mass is 10.1. The number of hydrogen-bond acceptors (Lipinski definition) is 3. The third-order valence-corrected chi connectivity index (χ3v) is 2.58. The number of rotatable bonds is 2. The molecule has 0 atom stereocenters. The van der Waals surface area contributed by atoms with Crippen LogP contribution in [0.1, 0.15) is 20.7 Å². The number of nitrogens with zero attached hydrogens (tertiary/aromatic N) is 1. The molecule has 2 rings (SSSR count). The topological polar surface area (TPSA) is 63.4 Å². The molecule has 0 saturated carbocycles. The molecule has 0 bridgehead atoms. The SMILES string of the molecule is C=C(Br)CN1C(=O)c2ccc(N)cc2C1=O. The van der Waals surface area contributed by atoms with E-state index < -0.39 is 0 Å². The van der Waals surface area contributed by atoms with Gasteiger partial charge < -0.3 is 5.73 Å². The summed E-state index contributed by atoms with van der Waals surface area (Å²) in [5.74, 6) is -0.631. The van der Waals surface area contributed by atoms with E-state index >= 15 is 0 Å². The number of benzene rings is 1. The number of anilines is 1. The van der Waals surface area contributed by atoms with Gasteiger partial charge in [0.2, 0.25) is 0 Å². The van der Waals surface area contributed by atoms with Crippen LogP contribution in [0.15, 0.2) is 29.3 Å². The molecule has 4 nitrogen and oxygen atoms in total. The Balaban J connectivity index is 2.44. The summed E-state index contributed by atoms with van der Waals surface area (Å²) in [7, 11) is 0. The summed E-state index contributed by atoms with van der Waals surface area (Å²) in [6.07, 6.45) is 0. The highest BCUT2D eigenvalue weighted by molar-refractivity contribution is 9.11. The van der Waals surface area contributed by atoms with Crippen LogP contribution in [0.2, 0.25) is 0 Å². The van der Waals surface area contributed by atoms with Crippen molar-refractivity contribution in [1.29, 1.82) is 0 Å². The predicted molar refractivity (Wildman–Crippen MR) is 64.3 cm³/mol. The van der Waals surface area contributed by atoms with E-state index in [0.29, 0.717) is 21.3 Å². The molecule has 1 heterocycles. The molecule has 0 aromatic heterocycles. The standard InChI is InChI=1S/C11H9BrN2O2/c1-6(12)5-14-10(15)8-3-2-7(13)4-9(8)11(14)16/h2-4H,1,5,13H2. The van der Waals surface area contributed by atoms with E-state index in [4.69, 9.17) is 5.73 Å². The van der Waals surface area contributed by atoms with E-state index in [1.165, 1.54) is 6.07 Å². The zero-order valence-electron chi connectivity index (χ0n) is 8.37. The van der Waals surface area contributed by atoms with Crippen LogP contribution in [0.4, 0.5) is 5.69 Å². The number of halogens is 1. The van der Waals surface area contributed by atoms with Gasteiger partial charge in [0.1, 0.15) is 0 Å². The Hall–Kier alpha value is -1.62. The molecule has 0 spiro atoms. The second-order valence-corrected chi connectivity index (χ2v) is 4.64. The van der Waals surface area contributed by atoms with Gasteiger partial charge in [-0.25, -0.2) is 0 Å². The Kier molecular flexibility index (Phi) is 2.55. The summed E-state index contributed by atoms with van der Waals surface area (Å²) in [5, 5.41) is 0. The summed E-state index contributed by atoms with van der Waals surface area (Å²) < 4.78 is 0.579. The second kappa shape index (κ2) is 3.75. The summed E-state index contributed by atoms with van der Waals surface area (Å²) in [6, 6.07) is 4.70. The molecule has 2 amide bonds. The Labute approximate surface area is 101 Å². The zero-order valence-corrected chi connectivity index (χ0v) is 9.95. The van der Waals surface area contributed by atoms with Crippen molar-refractivity contribution in [2.75, 3.05) is 12.3 Å². The molecule has 0 fully saturated rings. The third kappa shape index (κ3) is 1.63. The molecule has 1 aliphatic rings. The van der Waals surface area contributed by atoms with Gasteiger partial charge in [0, 0.05) is 10.2 Å². The Morgan fingerprint density at radius 1 is 1.31 bits per heavy atom. The van der Waals surface area contributed by atoms with Crippen molar-refractivity contribution < 1.29 is 9.59 Å². The first-order chi connectivity index (χ1) is 7.50. The number of carbonyl (C=O) groups excluding carboxylic acids is 2. The van der Waals surface area contributed by atoms with Gasteiger partial charge in [-0.1, -0.05) is 22.5 Å². The minimum Gasteiger partial charge on any atom is -0.399 e. The number of hydrogen-bond donors (Lipinski definition) is 1. The third-order valence-electron chi connectivity index (χ3n) is 2.32. The lowest BCUT2D eigenvalue weighted by Crippen LogP contribution is -2.30. The molecule has 16 heavy (non-hydrogen) atoms. The lowest BCUT2D eigenvalue weighted by Gasteiger charge is -2.11. The van der Waals surface area contributed by atoms with Gasteiger partial charge in [-0.15, -0.1) is 0 Å². The van der Waals surface area contributed by atoms with Crippen molar-refractivity contribution in [3.63, 3.8) is 0 Å². The molecule has 1 aromatic rings. The van der Waals surface area contributed by atoms with E-state index in [0.717, 1.165) is 4.90 Å². The van der Waals surface area contributed by atoms with Crippen LogP contribution in [-0.4, -0.2) is 23.3 Å². The summed E-state index contributed by atoms with van der Waals surface area (Å²) in [6.45, 7) is 3.79. The van der Waals surface area contributed by atoms with Crippen LogP contribution in [-0.2, 0) is 0 Å². The minimum atomic E-state index is -0.326. The molecule has 1 aromatic carbocycles. The normalized spacial score (nSPS) is 14.2. The number of amides is 2. The highest BCUT2D eigenvalue weighted by Gasteiger charge is 2.35. The van der Waals surface area contributed by atoms with Crippen LogP contribution in [0.3, 0.4) is 0 Å². The summed E-state index contributed by atoms with van der Waals surface area (Å²) in [5.41, 5.74) is 6.80. The van der Waals surface area contributed by atoms with E-state index in [2.05, 4.69) is 22.5 Å². The molecule has 2 N–H and O–H groups in total. The van der Waals surface area contributed by atoms with Crippen molar-refractivity contribution in [3.8, 4) is 0 Å². The van der Waals surface area contributed by atoms with Gasteiger partial charge in [-0.2, -0.15) is 0 Å². The van der Waals surface area contributed by atoms with Crippen molar-refractivity contribution in [3.05, 3.63) is 40.4 Å². The second-order valence-electron chi connectivity index (χ2n) is 3.52. The van der Waals surface area contributed by atoms with Crippen molar-refractivity contribution in [1.82, 2.24) is 4.90 Å². The maximum atomic E-state index is 11.9. The highest BCUT2D eigenvalue weighted by atomic mass is 79.9. The Morgan fingerprint density at radius 2 is 1.94 bits per heavy atom. The molecule has 1 aliphatic heterocycles. The Morgan fingerprint density at radius 3 is 2.56 bits per heavy atom. The van der Waals surface area contributed by atoms with E-state index in [-0.39, 0.29) is 18.4 Å². The maximum absolute atomic E-state index is 11.9. The monoisotopic (exact) mass is 280 g/mol. The fourth-order valence-corrected chi connectivity index (χ4v) is 1.87. The van der Waals surface area contributed by atoms with E-state index in [9.17, 15) is 9.59 Å². The predicted octanol–water partition coefficient (Wildman–Crippen LogP) is 1.77. The number of carbonyl (C=O) groups is 2. The number of nitrogen functional groups attached to an aromatic ring is 1. The molecule has 0 saturated heterocycles. The van der Waals surface area contributed by atoms with Gasteiger partial charge in [0.15, 0.2) is 0 Å². The zero-order chi connectivity index (χ0) is 11.9. The highest BCUT2D eigenvalue weighted by Crippen LogP contribution is 2.25. The van der Waals surface area contributed by atoms with Gasteiger partial charge in [-0.05, 0) is 18.2 Å². The Bertz CT molecular complexity index is 511. The molecule has 82 valence electrons. The van der Waals surface area contributed by atoms with Gasteiger partial charge in [0.25, 0.3) is 11.8 Å². The van der Waals surface area contributed by atoms with Crippen molar-refractivity contribution in [2.24, 2.45) is 0 Å². The van der Waals surface area contributed by atoms with Crippen LogP contribution in [0, 0.1) is 0 Å². The number of nitrogens with two attached hydrogens (primary N) is 1. The minimum absolute atomic E-state index is 0.173. The first-order valence-corrected chi connectivity index (χ1v) is 5.39. The van der Waals surface area contributed by atoms with Crippen LogP contribution < -0.4 is 5.73 Å². The van der Waals surface area contributed by atoms with E-state index in [1.54, 1.807) is 12.1 Å². The largest absolute Gasteiger partial charge is 0.399 e. The number of fused-ring (bicyclic) bond motifs is 1. The fraction of sp³-hybridized carbons (Fsp3) is 0.0909. The van der Waals surface area contributed by atoms with E-state index in [1.807, 2.05) is 0 Å². The molecule has 0 aliphatic carbocycles. The average molecular weight is 281 g/mol. The lowest BCUT2D eigenvalue weighted by molar-refractivity contribution is 0.0671. The fourth-order valence-electron chi connectivity index (χ4n) is 1.62. The van der Waals surface area contributed by atoms with Gasteiger partial charge in [-0.3, -0.25) is 14.5 Å². The molecular weight excluding hydrogens is 272 g/mol. The van der Waals surface area contributed by atoms with Crippen LogP contribution >= 0.6 is 15.9 Å². The first kappa shape index (κ1) is 10.9. The van der Waals surface area contributed by atoms with Crippen molar-refractivity contribution in [2.45, 2.75) is 0 Å². The van der Waals surface area contributed by atoms with Crippen molar-refractivity contribution >= 4 is 33.4 Å². The summed E-state index contributed by atoms with van der Waals surface area (Å²) in [4.78, 5) is 24.9. The van der Waals surface area contributed by atoms with Crippen LogP contribution in [0.5, 0.6) is 0 Å². The first-order valence-electron chi connectivity index (χ1n) is 4.59. The number of imide groups is 1. The van der Waals surface area contributed by atoms with Gasteiger partial charge >= 0.3 is 0 Å². The summed E-state index contributed by atoms with van der Waals surface area (Å²) >= 11 is 3.13. The smallest absolute Gasteiger partial charge is 0.261 e. The quantitative estimate of drug-likeness (QED) is 0.663. The molecular formula is C11H9BrN2O2. The molecule has 5 heteroatoms.